The molecule has 0 bridgehead atoms. The highest BCUT2D eigenvalue weighted by molar-refractivity contribution is 7.61. The zero-order valence-electron chi connectivity index (χ0n) is 28.9. The highest BCUT2D eigenvalue weighted by atomic mass is 31.3. The van der Waals surface area contributed by atoms with Crippen LogP contribution in [-0.4, -0.2) is 138 Å². The van der Waals surface area contributed by atoms with E-state index in [1.807, 2.05) is 4.98 Å². The number of fused-ring (bicyclic) bond motifs is 3. The highest BCUT2D eigenvalue weighted by Crippen LogP contribution is 2.60. The summed E-state index contributed by atoms with van der Waals surface area (Å²) in [5, 5.41) is 53.3. The van der Waals surface area contributed by atoms with E-state index in [4.69, 9.17) is 15.0 Å². The van der Waals surface area contributed by atoms with Crippen LogP contribution in [-0.2, 0) is 33.8 Å². The van der Waals surface area contributed by atoms with Crippen molar-refractivity contribution in [3.8, 4) is 11.5 Å². The lowest BCUT2D eigenvalue weighted by Crippen LogP contribution is -2.42. The first-order valence-corrected chi connectivity index (χ1v) is 19.0. The Morgan fingerprint density at radius 3 is 2.44 bits per heavy atom. The van der Waals surface area contributed by atoms with Crippen molar-refractivity contribution in [2.45, 2.75) is 56.3 Å². The van der Waals surface area contributed by atoms with Gasteiger partial charge in [-0.05, 0) is 24.6 Å². The normalized spacial score (nSPS) is 22.8. The van der Waals surface area contributed by atoms with Crippen molar-refractivity contribution >= 4 is 49.3 Å². The van der Waals surface area contributed by atoms with Gasteiger partial charge >= 0.3 is 21.3 Å². The number of hydrogen-bond donors (Lipinski definition) is 9. The minimum atomic E-state index is -5.56. The van der Waals surface area contributed by atoms with E-state index in [-0.39, 0.29) is 39.5 Å². The molecule has 27 heteroatoms. The van der Waals surface area contributed by atoms with E-state index in [1.165, 1.54) is 15.5 Å². The Hall–Kier alpha value is -4.33. The van der Waals surface area contributed by atoms with E-state index in [0.717, 1.165) is 11.9 Å². The van der Waals surface area contributed by atoms with Gasteiger partial charge in [-0.3, -0.25) is 23.4 Å². The van der Waals surface area contributed by atoms with Crippen LogP contribution >= 0.6 is 15.6 Å². The molecule has 2 unspecified atom stereocenters. The van der Waals surface area contributed by atoms with Crippen LogP contribution in [0.2, 0.25) is 0 Å². The lowest BCUT2D eigenvalue weighted by atomic mass is 10.1. The van der Waals surface area contributed by atoms with Crippen molar-refractivity contribution in [1.29, 1.82) is 0 Å². The molecule has 10 N–H and O–H groups in total. The van der Waals surface area contributed by atoms with Crippen molar-refractivity contribution < 1.29 is 62.5 Å². The number of H-pyrrole nitrogens is 1. The molecule has 5 heterocycles. The van der Waals surface area contributed by atoms with Gasteiger partial charge in [0.2, 0.25) is 0 Å². The molecule has 0 spiro atoms. The van der Waals surface area contributed by atoms with Gasteiger partial charge < -0.3 is 55.3 Å². The average Bonchev–Trinajstić information content (AvgIpc) is 3.66. The third-order valence-corrected chi connectivity index (χ3v) is 11.2. The van der Waals surface area contributed by atoms with Crippen molar-refractivity contribution in [2.24, 2.45) is 0 Å². The fraction of sp³-hybridized carbons (Fsp3) is 0.464. The second kappa shape index (κ2) is 15.3. The molecular formula is C28H36N10O15P2. The van der Waals surface area contributed by atoms with E-state index in [0.29, 0.717) is 5.69 Å². The molecule has 1 saturated heterocycles. The van der Waals surface area contributed by atoms with Crippen LogP contribution < -0.4 is 21.9 Å². The molecule has 298 valence electrons. The smallest absolute Gasteiger partial charge is 0.388 e. The van der Waals surface area contributed by atoms with Gasteiger partial charge in [-0.25, -0.2) is 33.9 Å². The third-order valence-electron chi connectivity index (χ3n) is 8.58. The van der Waals surface area contributed by atoms with E-state index < -0.39 is 89.5 Å². The maximum absolute atomic E-state index is 12.6. The summed E-state index contributed by atoms with van der Waals surface area (Å²) in [5.74, 6) is -0.227. The Labute approximate surface area is 307 Å². The zero-order chi connectivity index (χ0) is 40.1. The number of imidazole rings is 1. The van der Waals surface area contributed by atoms with Crippen LogP contribution in [0, 0.1) is 6.92 Å². The van der Waals surface area contributed by atoms with Crippen LogP contribution in [0.15, 0.2) is 34.4 Å². The molecule has 25 nitrogen and oxygen atoms in total. The van der Waals surface area contributed by atoms with Crippen molar-refractivity contribution in [1.82, 2.24) is 39.0 Å². The Morgan fingerprint density at radius 2 is 1.73 bits per heavy atom. The molecule has 1 aromatic carbocycles. The number of nitrogen functional groups attached to an aromatic ring is 1. The monoisotopic (exact) mass is 814 g/mol. The fourth-order valence-corrected chi connectivity index (χ4v) is 8.02. The standard InChI is InChI=1S/C28H36N10O15P2/c1-11-4-12-14(5-13(11)36(2)3)37(25-19(33-12)26(44)35-28(45)34-25)6-15(39)20(41)16(40)7-50-54(46,47)53-55(48,49)51-8-17-21(42)22(43)27(52-17)38-10-32-18-23(29)30-9-31-24(18)38/h4-5,9-10,15-17,20-22,27,39-43H,6-8H2,1-3H3,(H,46,47)(H,48,49)(H2,29,30,31)(H,35,44,45)/t15-,16+,17+,20-,21+,22+,27+/m0/s1. The molecule has 0 saturated carbocycles. The lowest BCUT2D eigenvalue weighted by Gasteiger charge is -2.26. The number of aliphatic hydroxyl groups excluding tert-OH is 5. The summed E-state index contributed by atoms with van der Waals surface area (Å²) in [6.07, 6.45) is -10.00. The zero-order valence-corrected chi connectivity index (χ0v) is 30.7. The number of phosphoric acid groups is 2. The number of rotatable bonds is 14. The van der Waals surface area contributed by atoms with Gasteiger partial charge in [0.25, 0.3) is 5.56 Å². The molecule has 6 rings (SSSR count). The van der Waals surface area contributed by atoms with Crippen molar-refractivity contribution in [3.05, 3.63) is 51.2 Å². The van der Waals surface area contributed by atoms with E-state index in [1.54, 1.807) is 38.1 Å². The number of anilines is 2. The number of aromatic nitrogens is 8. The average molecular weight is 815 g/mol. The van der Waals surface area contributed by atoms with Gasteiger partial charge in [0.05, 0.1) is 37.1 Å². The molecule has 3 aliphatic heterocycles. The Kier molecular flexibility index (Phi) is 11.2. The molecule has 0 radical (unpaired) electrons. The summed E-state index contributed by atoms with van der Waals surface area (Å²) in [7, 11) is -7.52. The Morgan fingerprint density at radius 1 is 1.02 bits per heavy atom. The Balaban J connectivity index is 1.09. The maximum Gasteiger partial charge on any atom is 0.481 e. The maximum atomic E-state index is 12.6. The van der Waals surface area contributed by atoms with E-state index in [9.17, 15) is 54.0 Å². The number of ether oxygens (including phenoxy) is 1. The second-order valence-corrected chi connectivity index (χ2v) is 15.7. The van der Waals surface area contributed by atoms with Crippen molar-refractivity contribution in [2.75, 3.05) is 37.9 Å². The van der Waals surface area contributed by atoms with Gasteiger partial charge in [0.1, 0.15) is 48.5 Å². The van der Waals surface area contributed by atoms with Gasteiger partial charge in [0.15, 0.2) is 29.2 Å². The number of aliphatic hydroxyl groups is 5. The molecule has 0 amide bonds. The minimum Gasteiger partial charge on any atom is -0.388 e. The molecule has 9 atom stereocenters. The second-order valence-electron chi connectivity index (χ2n) is 12.7. The fourth-order valence-electron chi connectivity index (χ4n) is 5.92. The van der Waals surface area contributed by atoms with Crippen LogP contribution in [0.5, 0.6) is 0 Å². The number of benzene rings is 1. The highest BCUT2D eigenvalue weighted by Gasteiger charge is 2.46. The van der Waals surface area contributed by atoms with Crippen molar-refractivity contribution in [3.63, 3.8) is 0 Å². The first-order chi connectivity index (χ1) is 25.8. The van der Waals surface area contributed by atoms with E-state index >= 15 is 0 Å². The molecule has 2 aromatic heterocycles. The summed E-state index contributed by atoms with van der Waals surface area (Å²) < 4.78 is 46.7. The minimum absolute atomic E-state index is 0.0282. The number of aromatic amines is 1. The summed E-state index contributed by atoms with van der Waals surface area (Å²) in [5.41, 5.74) is 5.93. The molecular weight excluding hydrogens is 778 g/mol. The number of hydrogen-bond acceptors (Lipinski definition) is 20. The number of aryl methyl sites for hydroxylation is 1. The first kappa shape index (κ1) is 40.3. The predicted molar refractivity (Wildman–Crippen MR) is 186 cm³/mol. The molecule has 1 fully saturated rings. The summed E-state index contributed by atoms with van der Waals surface area (Å²) >= 11 is 0. The van der Waals surface area contributed by atoms with Gasteiger partial charge in [-0.1, -0.05) is 0 Å². The number of nitrogens with two attached hydrogens (primary N) is 1. The van der Waals surface area contributed by atoms with Crippen LogP contribution in [0.4, 0.5) is 11.5 Å². The van der Waals surface area contributed by atoms with Crippen LogP contribution in [0.25, 0.3) is 33.7 Å². The molecule has 3 aromatic rings. The first-order valence-electron chi connectivity index (χ1n) is 16.0. The van der Waals surface area contributed by atoms with Gasteiger partial charge in [-0.15, -0.1) is 0 Å². The topological polar surface area (TPSA) is 366 Å². The van der Waals surface area contributed by atoms with Gasteiger partial charge in [0, 0.05) is 19.8 Å². The molecule has 55 heavy (non-hydrogen) atoms. The van der Waals surface area contributed by atoms with Crippen LogP contribution in [0.1, 0.15) is 11.8 Å². The summed E-state index contributed by atoms with van der Waals surface area (Å²) in [6.45, 7) is -1.01. The largest absolute Gasteiger partial charge is 0.481 e. The predicted octanol–water partition coefficient (Wildman–Crippen LogP) is -2.67. The lowest BCUT2D eigenvalue weighted by molar-refractivity contribution is -0.0794. The third kappa shape index (κ3) is 8.29. The number of nitrogens with one attached hydrogen (secondary N) is 1. The number of nitrogens with zero attached hydrogens (tertiary/aromatic N) is 8. The van der Waals surface area contributed by atoms with Gasteiger partial charge in [-0.2, -0.15) is 9.29 Å². The SMILES string of the molecule is Cc1cc2nc3c(=O)[nH]c(=O)nc-3n(C[C@H](O)[C@H](O)[C@H](O)COP(=O)(O)OP(=O)(O)OC[C@H]3O[C@@H](n4cnc5c(N)ncnc54)[C@H](O)[C@@H]3O)c2cc1N(C)C. The van der Waals surface area contributed by atoms with E-state index in [2.05, 4.69) is 33.8 Å². The molecule has 0 aliphatic carbocycles. The summed E-state index contributed by atoms with van der Waals surface area (Å²) in [4.78, 5) is 68.8. The molecule has 3 aliphatic rings. The van der Waals surface area contributed by atoms with Crippen LogP contribution in [0.3, 0.4) is 0 Å². The quantitative estimate of drug-likeness (QED) is 0.0408. The number of phosphoric ester groups is 2. The summed E-state index contributed by atoms with van der Waals surface area (Å²) in [6, 6.07) is 3.29. The Bertz CT molecular complexity index is 2410.